The molecule has 1 aliphatic heterocycles. The lowest BCUT2D eigenvalue weighted by molar-refractivity contribution is -0.144. The Hall–Kier alpha value is -8.58. The van der Waals surface area contributed by atoms with Gasteiger partial charge < -0.3 is 44.5 Å². The Morgan fingerprint density at radius 3 is 2.26 bits per heavy atom. The molecule has 2 aliphatic rings. The van der Waals surface area contributed by atoms with Crippen LogP contribution in [-0.4, -0.2) is 135 Å². The Bertz CT molecular complexity index is 4070. The van der Waals surface area contributed by atoms with Crippen molar-refractivity contribution in [1.82, 2.24) is 49.3 Å². The molecule has 0 unspecified atom stereocenters. The predicted octanol–water partition coefficient (Wildman–Crippen LogP) is 9.44. The number of thiazole rings is 1. The van der Waals surface area contributed by atoms with E-state index in [9.17, 15) is 32.7 Å². The van der Waals surface area contributed by atoms with Crippen LogP contribution in [0.4, 0.5) is 5.69 Å². The Kier molecular flexibility index (Phi) is 19.5. The zero-order chi connectivity index (χ0) is 64.2. The molecule has 0 radical (unpaired) electrons. The quantitative estimate of drug-likeness (QED) is 0.0389. The summed E-state index contributed by atoms with van der Waals surface area (Å²) in [4.78, 5) is 68.9. The first-order valence-corrected chi connectivity index (χ1v) is 32.6. The third kappa shape index (κ3) is 14.8. The Balaban J connectivity index is 0.765. The molecule has 4 aromatic carbocycles. The maximum absolute atomic E-state index is 14.7. The van der Waals surface area contributed by atoms with Gasteiger partial charge in [-0.1, -0.05) is 58.0 Å². The number of nitrogens with one attached hydrogen (secondary N) is 3. The number of hydrogen-bond acceptors (Lipinski definition) is 16. The normalized spacial score (nSPS) is 17.4. The van der Waals surface area contributed by atoms with Crippen molar-refractivity contribution in [2.24, 2.45) is 19.5 Å². The number of aryl methyl sites for hydroxylation is 3. The molecule has 3 amide bonds. The number of carbonyl (C=O) groups excluding carboxylic acids is 3. The van der Waals surface area contributed by atoms with Crippen molar-refractivity contribution in [2.75, 3.05) is 45.1 Å². The van der Waals surface area contributed by atoms with E-state index in [-0.39, 0.29) is 70.6 Å². The summed E-state index contributed by atoms with van der Waals surface area (Å²) in [6, 6.07) is 23.3. The molecule has 1 aliphatic carbocycles. The lowest BCUT2D eigenvalue weighted by Crippen LogP contribution is -2.50. The predicted molar refractivity (Wildman–Crippen MR) is 345 cm³/mol. The highest BCUT2D eigenvalue weighted by Crippen LogP contribution is 2.40. The molecular weight excluding hydrogens is 1190 g/mol. The molecule has 4 atom stereocenters. The van der Waals surface area contributed by atoms with E-state index >= 15 is 0 Å². The average molecular weight is 1270 g/mol. The number of likely N-dealkylation sites (tertiary alicyclic amines) is 1. The number of nitrogens with zero attached hydrogens (tertiary/aromatic N) is 8. The van der Waals surface area contributed by atoms with Gasteiger partial charge >= 0.3 is 5.69 Å². The number of fused-ring (bicyclic) bond motifs is 1. The molecule has 90 heavy (non-hydrogen) atoms. The van der Waals surface area contributed by atoms with Crippen molar-refractivity contribution in [1.29, 1.82) is 0 Å². The lowest BCUT2D eigenvalue weighted by atomic mass is 9.85. The van der Waals surface area contributed by atoms with Gasteiger partial charge in [-0.25, -0.2) is 23.2 Å². The number of benzene rings is 4. The van der Waals surface area contributed by atoms with Gasteiger partial charge in [0.1, 0.15) is 35.4 Å². The number of aliphatic hydroxyl groups is 1. The summed E-state index contributed by atoms with van der Waals surface area (Å²) in [6.45, 7) is 13.5. The number of pyridine rings is 1. The van der Waals surface area contributed by atoms with E-state index in [0.29, 0.717) is 65.8 Å². The van der Waals surface area contributed by atoms with Gasteiger partial charge in [0.05, 0.1) is 69.3 Å². The van der Waals surface area contributed by atoms with Crippen LogP contribution >= 0.6 is 11.3 Å². The van der Waals surface area contributed by atoms with Crippen LogP contribution in [0.15, 0.2) is 125 Å². The summed E-state index contributed by atoms with van der Waals surface area (Å²) in [5, 5.41) is 21.7. The average Bonchev–Trinajstić information content (AvgIpc) is 1.59. The topological polar surface area (TPSA) is 256 Å². The molecule has 8 aromatic rings. The fraction of sp³-hybridized carbons (Fsp3) is 0.409. The second-order valence-electron chi connectivity index (χ2n) is 24.6. The molecule has 1 saturated heterocycles. The van der Waals surface area contributed by atoms with E-state index in [1.165, 1.54) is 38.3 Å². The highest BCUT2D eigenvalue weighted by molar-refractivity contribution is 7.92. The number of unbranched alkanes of at least 4 members (excludes halogenated alkanes) is 1. The first-order valence-electron chi connectivity index (χ1n) is 30.3. The monoisotopic (exact) mass is 1270 g/mol. The van der Waals surface area contributed by atoms with Crippen molar-refractivity contribution in [2.45, 2.75) is 121 Å². The van der Waals surface area contributed by atoms with E-state index in [0.717, 1.165) is 53.1 Å². The molecule has 1 saturated carbocycles. The zero-order valence-corrected chi connectivity index (χ0v) is 54.1. The van der Waals surface area contributed by atoms with Crippen LogP contribution in [0.25, 0.3) is 32.6 Å². The van der Waals surface area contributed by atoms with Crippen LogP contribution in [0, 0.1) is 12.3 Å². The number of aromatic nitrogens is 6. The summed E-state index contributed by atoms with van der Waals surface area (Å²) in [6.07, 6.45) is 7.45. The number of carbonyl (C=O) groups is 3. The zero-order valence-electron chi connectivity index (χ0n) is 52.4. The smallest absolute Gasteiger partial charge is 0.328 e. The van der Waals surface area contributed by atoms with Crippen molar-refractivity contribution < 1.29 is 46.9 Å². The Morgan fingerprint density at radius 2 is 1.57 bits per heavy atom. The van der Waals surface area contributed by atoms with E-state index in [4.69, 9.17) is 18.9 Å². The van der Waals surface area contributed by atoms with Gasteiger partial charge in [-0.3, -0.25) is 32.9 Å². The molecule has 0 spiro atoms. The molecule has 24 heteroatoms. The summed E-state index contributed by atoms with van der Waals surface area (Å²) >= 11 is 1.57. The van der Waals surface area contributed by atoms with Crippen LogP contribution in [0.5, 0.6) is 28.9 Å². The molecule has 4 N–H and O–H groups in total. The van der Waals surface area contributed by atoms with Crippen molar-refractivity contribution in [3.8, 4) is 50.4 Å². The fourth-order valence-electron chi connectivity index (χ4n) is 11.3. The summed E-state index contributed by atoms with van der Waals surface area (Å²) in [5.74, 6) is 0.632. The Labute approximate surface area is 528 Å². The molecule has 2 fully saturated rings. The SMILES string of the molecule is CCCOc1cc(OCCCCN(C)C)cc(Oc2cc3c(cc2NS(=O)(=O)c2cccc(C(=O)NC4CC(Oc5cc(-c6cnn([C@H](C(=O)N7C[C@H](O)C[C@H]7C(=O)N[C@@H](C)c7ccc(-c8scnc8C)cc7)C(C)(C)C)c6)ccn5)C4)c2)n(C)c(=O)n3C)c1. The summed E-state index contributed by atoms with van der Waals surface area (Å²) < 4.78 is 60.7. The number of amides is 3. The van der Waals surface area contributed by atoms with Gasteiger partial charge in [-0.2, -0.15) is 5.10 Å². The fourth-order valence-corrected chi connectivity index (χ4v) is 13.2. The second-order valence-corrected chi connectivity index (χ2v) is 27.1. The number of imidazole rings is 1. The summed E-state index contributed by atoms with van der Waals surface area (Å²) in [5.41, 5.74) is 6.29. The number of rotatable bonds is 25. The standard InChI is InChI=1S/C66H79N11O11S2/c1-11-24-85-49-31-50(86-25-13-12-23-73(7)8)33-52(32-49)87-58-35-56-55(74(9)65(82)75(56)10)34-54(58)72-90(83,84)53-16-14-15-45(26-53)62(79)71-47-28-51(29-47)88-59-27-44(21-22-67-59)46-36-69-77(37-46)61(66(4,5)6)64(81)76-38-48(78)30-57(76)63(80)70-40(2)42-17-19-43(20-18-42)60-41(3)68-39-89-60/h14-22,26-27,31-37,39-40,47-48,51,57,61,72,78H,11-13,23-25,28-30,38H2,1-10H3,(H,70,80)(H,71,79)/t40-,47?,48+,51?,57-,61+/m0/s1. The maximum Gasteiger partial charge on any atom is 0.328 e. The lowest BCUT2D eigenvalue weighted by Gasteiger charge is -2.35. The van der Waals surface area contributed by atoms with Crippen LogP contribution in [0.2, 0.25) is 0 Å². The minimum absolute atomic E-state index is 0.00162. The largest absolute Gasteiger partial charge is 0.493 e. The molecule has 10 rings (SSSR count). The molecule has 0 bridgehead atoms. The molecular formula is C66H79N11O11S2. The van der Waals surface area contributed by atoms with Crippen molar-refractivity contribution in [3.05, 3.63) is 142 Å². The van der Waals surface area contributed by atoms with E-state index < -0.39 is 39.5 Å². The third-order valence-corrected chi connectivity index (χ3v) is 18.5. The van der Waals surface area contributed by atoms with Crippen molar-refractivity contribution in [3.63, 3.8) is 0 Å². The van der Waals surface area contributed by atoms with Crippen LogP contribution in [0.1, 0.15) is 107 Å². The van der Waals surface area contributed by atoms with Gasteiger partial charge in [0.2, 0.25) is 17.7 Å². The second kappa shape index (κ2) is 27.3. The van der Waals surface area contributed by atoms with Crippen LogP contribution < -0.4 is 40.0 Å². The van der Waals surface area contributed by atoms with Crippen LogP contribution in [-0.2, 0) is 33.7 Å². The molecule has 22 nitrogen and oxygen atoms in total. The number of anilines is 1. The maximum atomic E-state index is 14.7. The van der Waals surface area contributed by atoms with E-state index in [1.807, 2.05) is 91.5 Å². The number of ether oxygens (including phenoxy) is 4. The highest BCUT2D eigenvalue weighted by Gasteiger charge is 2.45. The van der Waals surface area contributed by atoms with E-state index in [2.05, 4.69) is 35.3 Å². The van der Waals surface area contributed by atoms with Gasteiger partial charge in [0, 0.05) is 99.8 Å². The van der Waals surface area contributed by atoms with Crippen LogP contribution in [0.3, 0.4) is 0 Å². The minimum Gasteiger partial charge on any atom is -0.493 e. The molecule has 4 aromatic heterocycles. The number of aliphatic hydroxyl groups excluding tert-OH is 1. The molecule has 5 heterocycles. The van der Waals surface area contributed by atoms with Gasteiger partial charge in [0.25, 0.3) is 15.9 Å². The molecule has 476 valence electrons. The van der Waals surface area contributed by atoms with Gasteiger partial charge in [0.15, 0.2) is 5.75 Å². The highest BCUT2D eigenvalue weighted by atomic mass is 32.2. The summed E-state index contributed by atoms with van der Waals surface area (Å²) in [7, 11) is 2.88. The first kappa shape index (κ1) is 64.4. The van der Waals surface area contributed by atoms with E-state index in [1.54, 1.807) is 85.1 Å². The minimum atomic E-state index is -4.38. The third-order valence-electron chi connectivity index (χ3n) is 16.2. The first-order chi connectivity index (χ1) is 42.9. The Morgan fingerprint density at radius 1 is 0.856 bits per heavy atom. The number of sulfonamides is 1. The van der Waals surface area contributed by atoms with Gasteiger partial charge in [-0.05, 0) is 106 Å². The number of hydrogen-bond donors (Lipinski definition) is 4. The van der Waals surface area contributed by atoms with Crippen molar-refractivity contribution >= 4 is 55.8 Å². The number of β-amino-alcohol motifs (C(OH)–C–C–N with tert-alkyl or cyclic N) is 1. The van der Waals surface area contributed by atoms with Gasteiger partial charge in [-0.15, -0.1) is 11.3 Å².